The second-order valence-electron chi connectivity index (χ2n) is 6.50. The van der Waals surface area contributed by atoms with Crippen molar-refractivity contribution in [3.63, 3.8) is 0 Å². The van der Waals surface area contributed by atoms with Gasteiger partial charge in [0.15, 0.2) is 11.4 Å². The second kappa shape index (κ2) is 7.29. The number of methoxy groups -OCH3 is 1. The van der Waals surface area contributed by atoms with Gasteiger partial charge in [0.2, 0.25) is 5.75 Å². The van der Waals surface area contributed by atoms with Gasteiger partial charge in [-0.05, 0) is 19.1 Å². The molecule has 3 aromatic heterocycles. The first kappa shape index (κ1) is 19.1. The Kier molecular flexibility index (Phi) is 4.79. The molecule has 3 heterocycles. The van der Waals surface area contributed by atoms with Crippen molar-refractivity contribution in [1.82, 2.24) is 14.8 Å². The highest BCUT2D eigenvalue weighted by molar-refractivity contribution is 6.31. The third-order valence-corrected chi connectivity index (χ3v) is 5.01. The summed E-state index contributed by atoms with van der Waals surface area (Å²) < 4.78 is 32.8. The van der Waals surface area contributed by atoms with E-state index < -0.39 is 11.9 Å². The Balaban J connectivity index is 1.78. The highest BCUT2D eigenvalue weighted by Crippen LogP contribution is 2.42. The average Bonchev–Trinajstić information content (AvgIpc) is 3.31. The second-order valence-corrected chi connectivity index (χ2v) is 6.88. The molecule has 0 aliphatic carbocycles. The van der Waals surface area contributed by atoms with Gasteiger partial charge in [0.05, 0.1) is 29.3 Å². The molecule has 2 N–H and O–H groups in total. The molecule has 9 heteroatoms. The molecule has 7 nitrogen and oxygen atoms in total. The van der Waals surface area contributed by atoms with E-state index in [0.717, 1.165) is 11.1 Å². The summed E-state index contributed by atoms with van der Waals surface area (Å²) in [6.45, 7) is 1.71. The largest absolute Gasteiger partial charge is 0.496 e. The fraction of sp³-hybridized carbons (Fsp3) is 0.200. The topological polar surface area (TPSA) is 88.3 Å². The minimum Gasteiger partial charge on any atom is -0.496 e. The number of aromatic nitrogens is 3. The lowest BCUT2D eigenvalue weighted by Crippen LogP contribution is -2.09. The first-order chi connectivity index (χ1) is 13.9. The van der Waals surface area contributed by atoms with Crippen molar-refractivity contribution in [3.05, 3.63) is 53.4 Å². The smallest absolute Gasteiger partial charge is 0.205 e. The van der Waals surface area contributed by atoms with Crippen molar-refractivity contribution in [2.75, 3.05) is 12.8 Å². The fourth-order valence-electron chi connectivity index (χ4n) is 3.22. The predicted molar refractivity (Wildman–Crippen MR) is 108 cm³/mol. The summed E-state index contributed by atoms with van der Waals surface area (Å²) in [5.41, 5.74) is 8.52. The van der Waals surface area contributed by atoms with Crippen LogP contribution in [0.4, 0.5) is 10.2 Å². The maximum absolute atomic E-state index is 14.0. The van der Waals surface area contributed by atoms with Crippen LogP contribution in [0.5, 0.6) is 11.5 Å². The number of pyridine rings is 1. The van der Waals surface area contributed by atoms with E-state index in [9.17, 15) is 4.39 Å². The first-order valence-electron chi connectivity index (χ1n) is 8.74. The van der Waals surface area contributed by atoms with Crippen LogP contribution in [0.3, 0.4) is 0 Å². The van der Waals surface area contributed by atoms with Gasteiger partial charge in [0, 0.05) is 30.6 Å². The number of nitrogens with two attached hydrogens (primary N) is 1. The summed E-state index contributed by atoms with van der Waals surface area (Å²) in [5.74, 6) is 0.215. The first-order valence-corrected chi connectivity index (χ1v) is 9.11. The Bertz CT molecular complexity index is 1200. The van der Waals surface area contributed by atoms with E-state index in [0.29, 0.717) is 22.3 Å². The lowest BCUT2D eigenvalue weighted by atomic mass is 10.1. The van der Waals surface area contributed by atoms with E-state index in [4.69, 9.17) is 31.2 Å². The molecule has 0 radical (unpaired) electrons. The molecule has 0 fully saturated rings. The number of rotatable bonds is 5. The van der Waals surface area contributed by atoms with Gasteiger partial charge >= 0.3 is 0 Å². The minimum absolute atomic E-state index is 0.0777. The van der Waals surface area contributed by atoms with Crippen molar-refractivity contribution in [3.8, 4) is 22.6 Å². The van der Waals surface area contributed by atoms with Gasteiger partial charge < -0.3 is 19.6 Å². The number of hydrogen-bond acceptors (Lipinski definition) is 6. The van der Waals surface area contributed by atoms with Gasteiger partial charge in [-0.1, -0.05) is 11.6 Å². The van der Waals surface area contributed by atoms with Crippen LogP contribution in [-0.2, 0) is 7.05 Å². The summed E-state index contributed by atoms with van der Waals surface area (Å²) >= 11 is 6.17. The Hall–Kier alpha value is -3.26. The lowest BCUT2D eigenvalue weighted by Gasteiger charge is -2.20. The number of aryl methyl sites for hydroxylation is 1. The van der Waals surface area contributed by atoms with Crippen LogP contribution in [0.2, 0.25) is 5.02 Å². The number of furan rings is 1. The summed E-state index contributed by atoms with van der Waals surface area (Å²) in [6, 6.07) is 2.73. The zero-order valence-electron chi connectivity index (χ0n) is 15.9. The summed E-state index contributed by atoms with van der Waals surface area (Å²) in [4.78, 5) is 4.23. The van der Waals surface area contributed by atoms with Crippen molar-refractivity contribution < 1.29 is 18.3 Å². The molecule has 29 heavy (non-hydrogen) atoms. The fourth-order valence-corrected chi connectivity index (χ4v) is 3.53. The van der Waals surface area contributed by atoms with Crippen LogP contribution in [0.25, 0.3) is 22.1 Å². The molecule has 150 valence electrons. The summed E-state index contributed by atoms with van der Waals surface area (Å²) in [5, 5.41) is 4.82. The van der Waals surface area contributed by atoms with Gasteiger partial charge in [-0.25, -0.2) is 9.37 Å². The van der Waals surface area contributed by atoms with Gasteiger partial charge in [0.25, 0.3) is 0 Å². The number of halogens is 2. The zero-order chi connectivity index (χ0) is 20.7. The van der Waals surface area contributed by atoms with Crippen molar-refractivity contribution >= 4 is 28.4 Å². The average molecular weight is 417 g/mol. The molecule has 0 saturated heterocycles. The quantitative estimate of drug-likeness (QED) is 0.505. The number of hydrogen-bond donors (Lipinski definition) is 1. The third-order valence-electron chi connectivity index (χ3n) is 4.63. The monoisotopic (exact) mass is 416 g/mol. The molecule has 1 atom stereocenters. The van der Waals surface area contributed by atoms with Crippen LogP contribution in [0, 0.1) is 5.82 Å². The molecule has 0 bridgehead atoms. The zero-order valence-corrected chi connectivity index (χ0v) is 16.7. The SMILES string of the molecule is COc1ccc(F)c(Cl)c1[C@@H](C)Oc1c(N)ncc2c(-c3cnn(C)c3)coc12. The highest BCUT2D eigenvalue weighted by atomic mass is 35.5. The molecule has 4 rings (SSSR count). The maximum atomic E-state index is 14.0. The maximum Gasteiger partial charge on any atom is 0.205 e. The van der Waals surface area contributed by atoms with E-state index in [1.807, 2.05) is 13.2 Å². The molecule has 4 aromatic rings. The molecule has 0 unspecified atom stereocenters. The van der Waals surface area contributed by atoms with Crippen molar-refractivity contribution in [2.24, 2.45) is 7.05 Å². The van der Waals surface area contributed by atoms with Crippen LogP contribution >= 0.6 is 11.6 Å². The number of nitrogens with zero attached hydrogens (tertiary/aromatic N) is 3. The van der Waals surface area contributed by atoms with Crippen molar-refractivity contribution in [2.45, 2.75) is 13.0 Å². The number of anilines is 1. The Morgan fingerprint density at radius 3 is 2.79 bits per heavy atom. The summed E-state index contributed by atoms with van der Waals surface area (Å²) in [6.07, 6.45) is 6.11. The normalized spacial score (nSPS) is 12.3. The Morgan fingerprint density at radius 1 is 1.31 bits per heavy atom. The number of nitrogen functional groups attached to an aromatic ring is 1. The third kappa shape index (κ3) is 3.25. The van der Waals surface area contributed by atoms with Gasteiger partial charge in [-0.2, -0.15) is 5.10 Å². The molecule has 0 amide bonds. The standard InChI is InChI=1S/C20H18ClFN4O3/c1-10(16-15(27-3)5-4-14(22)17(16)21)29-19-18-12(7-24-20(19)23)13(9-28-18)11-6-25-26(2)8-11/h4-10H,1-3H3,(H2,23,24)/t10-/m1/s1. The number of ether oxygens (including phenoxy) is 2. The molecule has 1 aromatic carbocycles. The van der Waals surface area contributed by atoms with Gasteiger partial charge in [-0.15, -0.1) is 0 Å². The van der Waals surface area contributed by atoms with Gasteiger partial charge in [0.1, 0.15) is 23.9 Å². The Labute approximate surface area is 170 Å². The molecule has 0 aliphatic heterocycles. The Morgan fingerprint density at radius 2 is 2.10 bits per heavy atom. The number of fused-ring (bicyclic) bond motifs is 1. The van der Waals surface area contributed by atoms with E-state index in [2.05, 4.69) is 10.1 Å². The molecular weight excluding hydrogens is 399 g/mol. The predicted octanol–water partition coefficient (Wildman–Crippen LogP) is 4.75. The van der Waals surface area contributed by atoms with Crippen LogP contribution in [-0.4, -0.2) is 21.9 Å². The van der Waals surface area contributed by atoms with Crippen LogP contribution in [0.1, 0.15) is 18.6 Å². The van der Waals surface area contributed by atoms with Crippen LogP contribution < -0.4 is 15.2 Å². The molecule has 0 saturated carbocycles. The minimum atomic E-state index is -0.685. The summed E-state index contributed by atoms with van der Waals surface area (Å²) in [7, 11) is 3.30. The lowest BCUT2D eigenvalue weighted by molar-refractivity contribution is 0.221. The molecule has 0 aliphatic rings. The number of benzene rings is 1. The van der Waals surface area contributed by atoms with E-state index >= 15 is 0 Å². The van der Waals surface area contributed by atoms with E-state index in [1.54, 1.807) is 30.3 Å². The van der Waals surface area contributed by atoms with E-state index in [1.165, 1.54) is 19.2 Å². The van der Waals surface area contributed by atoms with Crippen molar-refractivity contribution in [1.29, 1.82) is 0 Å². The highest BCUT2D eigenvalue weighted by Gasteiger charge is 2.24. The molecular formula is C20H18ClFN4O3. The molecule has 0 spiro atoms. The van der Waals surface area contributed by atoms with Gasteiger partial charge in [-0.3, -0.25) is 4.68 Å². The van der Waals surface area contributed by atoms with Crippen LogP contribution in [0.15, 0.2) is 41.4 Å². The van der Waals surface area contributed by atoms with E-state index in [-0.39, 0.29) is 16.6 Å².